The summed E-state index contributed by atoms with van der Waals surface area (Å²) in [6, 6.07) is 20.5. The Morgan fingerprint density at radius 1 is 0.833 bits per heavy atom. The minimum atomic E-state index is -0.825. The first-order valence-electron chi connectivity index (χ1n) is 9.04. The second kappa shape index (κ2) is 9.46. The average molecular weight is 483 g/mol. The average Bonchev–Trinajstić information content (AvgIpc) is 2.97. The summed E-state index contributed by atoms with van der Waals surface area (Å²) in [6.07, 6.45) is -0.825. The van der Waals surface area contributed by atoms with E-state index in [0.29, 0.717) is 32.8 Å². The van der Waals surface area contributed by atoms with E-state index >= 15 is 0 Å². The highest BCUT2D eigenvalue weighted by molar-refractivity contribution is 6.42. The van der Waals surface area contributed by atoms with E-state index in [-0.39, 0.29) is 19.0 Å². The van der Waals surface area contributed by atoms with Crippen LogP contribution in [0.4, 0.5) is 0 Å². The van der Waals surface area contributed by atoms with Gasteiger partial charge in [-0.2, -0.15) is 0 Å². The monoisotopic (exact) mass is 481 g/mol. The zero-order valence-electron chi connectivity index (χ0n) is 15.7. The first-order chi connectivity index (χ1) is 13.9. The van der Waals surface area contributed by atoms with Gasteiger partial charge in [-0.05, 0) is 47.5 Å². The van der Waals surface area contributed by atoms with E-state index in [2.05, 4.69) is 0 Å². The van der Waals surface area contributed by atoms with Gasteiger partial charge in [-0.1, -0.05) is 65.1 Å². The number of fused-ring (bicyclic) bond motifs is 1. The van der Waals surface area contributed by atoms with Crippen LogP contribution in [-0.4, -0.2) is 14.2 Å². The van der Waals surface area contributed by atoms with Crippen LogP contribution in [0, 0.1) is 5.41 Å². The molecule has 4 nitrogen and oxygen atoms in total. The number of nitrogens with one attached hydrogen (secondary N) is 1. The van der Waals surface area contributed by atoms with Crippen molar-refractivity contribution in [3.63, 3.8) is 0 Å². The van der Waals surface area contributed by atoms with Crippen molar-refractivity contribution in [2.45, 2.75) is 19.2 Å². The van der Waals surface area contributed by atoms with Crippen molar-refractivity contribution >= 4 is 58.2 Å². The summed E-state index contributed by atoms with van der Waals surface area (Å²) in [6.45, 7) is 0.761. The number of benzene rings is 3. The molecule has 0 aliphatic heterocycles. The van der Waals surface area contributed by atoms with E-state index in [1.54, 1.807) is 22.8 Å². The van der Waals surface area contributed by atoms with Crippen molar-refractivity contribution < 1.29 is 5.11 Å². The minimum absolute atomic E-state index is 0. The van der Waals surface area contributed by atoms with Crippen molar-refractivity contribution in [2.75, 3.05) is 0 Å². The van der Waals surface area contributed by atoms with Gasteiger partial charge in [0.15, 0.2) is 0 Å². The number of aliphatic hydroxyl groups is 1. The van der Waals surface area contributed by atoms with Crippen LogP contribution >= 0.6 is 47.2 Å². The quantitative estimate of drug-likeness (QED) is 0.355. The topological polar surface area (TPSA) is 53.9 Å². The van der Waals surface area contributed by atoms with Gasteiger partial charge in [0.2, 0.25) is 5.62 Å². The zero-order chi connectivity index (χ0) is 20.5. The molecule has 1 unspecified atom stereocenters. The summed E-state index contributed by atoms with van der Waals surface area (Å²) in [5.41, 5.74) is 3.81. The second-order valence-corrected chi connectivity index (χ2v) is 8.08. The molecule has 1 aromatic heterocycles. The predicted molar refractivity (Wildman–Crippen MR) is 125 cm³/mol. The molecule has 156 valence electrons. The Hall–Kier alpha value is -1.95. The van der Waals surface area contributed by atoms with Crippen LogP contribution in [-0.2, 0) is 13.1 Å². The number of aliphatic hydroxyl groups excluding tert-OH is 1. The van der Waals surface area contributed by atoms with Crippen molar-refractivity contribution in [3.05, 3.63) is 98.5 Å². The van der Waals surface area contributed by atoms with E-state index in [0.717, 1.165) is 16.6 Å². The van der Waals surface area contributed by atoms with E-state index in [9.17, 15) is 5.11 Å². The lowest BCUT2D eigenvalue weighted by Crippen LogP contribution is -2.27. The molecule has 0 aliphatic rings. The minimum Gasteiger partial charge on any atom is -0.387 e. The van der Waals surface area contributed by atoms with Crippen LogP contribution in [0.5, 0.6) is 0 Å². The fourth-order valence-electron chi connectivity index (χ4n) is 3.41. The summed E-state index contributed by atoms with van der Waals surface area (Å²) < 4.78 is 3.72. The molecule has 0 aliphatic carbocycles. The number of hydrogen-bond donors (Lipinski definition) is 2. The third kappa shape index (κ3) is 4.53. The number of hydrogen-bond acceptors (Lipinski definition) is 2. The summed E-state index contributed by atoms with van der Waals surface area (Å²) in [5, 5.41) is 21.0. The van der Waals surface area contributed by atoms with Crippen LogP contribution in [0.3, 0.4) is 0 Å². The van der Waals surface area contributed by atoms with E-state index in [4.69, 9.17) is 40.2 Å². The number of aromatic nitrogens is 2. The Kier molecular flexibility index (Phi) is 7.17. The van der Waals surface area contributed by atoms with Gasteiger partial charge in [-0.3, -0.25) is 5.41 Å². The van der Waals surface area contributed by atoms with E-state index in [1.807, 2.05) is 53.1 Å². The Balaban J connectivity index is 0.00000256. The second-order valence-electron chi connectivity index (χ2n) is 6.82. The molecule has 0 amide bonds. The molecule has 2 N–H and O–H groups in total. The van der Waals surface area contributed by atoms with Gasteiger partial charge in [0.25, 0.3) is 0 Å². The lowest BCUT2D eigenvalue weighted by Gasteiger charge is -2.13. The lowest BCUT2D eigenvalue weighted by molar-refractivity contribution is 0.156. The SMILES string of the molecule is Cl.N=c1n(Cc2ccc(Cl)cc2)c2ccccc2n1CC(O)c1ccc(Cl)c(Cl)c1. The molecule has 0 radical (unpaired) electrons. The Morgan fingerprint density at radius 2 is 1.47 bits per heavy atom. The maximum Gasteiger partial charge on any atom is 0.203 e. The molecule has 0 spiro atoms. The van der Waals surface area contributed by atoms with Gasteiger partial charge in [-0.15, -0.1) is 12.4 Å². The first-order valence-corrected chi connectivity index (χ1v) is 10.2. The molecule has 4 rings (SSSR count). The molecule has 0 fully saturated rings. The third-order valence-corrected chi connectivity index (χ3v) is 5.90. The van der Waals surface area contributed by atoms with Gasteiger partial charge in [0.05, 0.1) is 40.3 Å². The fourth-order valence-corrected chi connectivity index (χ4v) is 3.84. The molecule has 8 heteroatoms. The number of para-hydroxylation sites is 2. The van der Waals surface area contributed by atoms with Crippen LogP contribution in [0.25, 0.3) is 11.0 Å². The van der Waals surface area contributed by atoms with Crippen LogP contribution in [0.2, 0.25) is 15.1 Å². The first kappa shape index (κ1) is 22.7. The number of halogens is 4. The molecule has 0 saturated heterocycles. The molecule has 4 aromatic rings. The maximum absolute atomic E-state index is 10.8. The molecule has 0 bridgehead atoms. The highest BCUT2D eigenvalue weighted by atomic mass is 35.5. The molecular weight excluding hydrogens is 464 g/mol. The standard InChI is InChI=1S/C22H18Cl3N3O.ClH/c23-16-8-5-14(6-9-16)12-27-19-3-1-2-4-20(19)28(22(27)26)13-21(29)15-7-10-17(24)18(25)11-15;/h1-11,21,26,29H,12-13H2;1H. The molecule has 30 heavy (non-hydrogen) atoms. The van der Waals surface area contributed by atoms with Gasteiger partial charge in [-0.25, -0.2) is 0 Å². The van der Waals surface area contributed by atoms with Crippen LogP contribution < -0.4 is 5.62 Å². The predicted octanol–water partition coefficient (Wildman–Crippen LogP) is 6.09. The van der Waals surface area contributed by atoms with Crippen LogP contribution in [0.1, 0.15) is 17.2 Å². The molecule has 1 heterocycles. The number of rotatable bonds is 5. The van der Waals surface area contributed by atoms with Crippen molar-refractivity contribution in [1.29, 1.82) is 5.41 Å². The van der Waals surface area contributed by atoms with Crippen LogP contribution in [0.15, 0.2) is 66.7 Å². The Labute approximate surface area is 195 Å². The Morgan fingerprint density at radius 3 is 2.10 bits per heavy atom. The zero-order valence-corrected chi connectivity index (χ0v) is 18.8. The van der Waals surface area contributed by atoms with Crippen molar-refractivity contribution in [1.82, 2.24) is 9.13 Å². The molecule has 0 saturated carbocycles. The Bertz CT molecular complexity index is 1230. The summed E-state index contributed by atoms with van der Waals surface area (Å²) >= 11 is 18.1. The van der Waals surface area contributed by atoms with E-state index in [1.165, 1.54) is 0 Å². The summed E-state index contributed by atoms with van der Waals surface area (Å²) in [7, 11) is 0. The maximum atomic E-state index is 10.8. The highest BCUT2D eigenvalue weighted by Crippen LogP contribution is 2.27. The largest absolute Gasteiger partial charge is 0.387 e. The number of imidazole rings is 1. The third-order valence-electron chi connectivity index (χ3n) is 4.91. The van der Waals surface area contributed by atoms with Gasteiger partial charge >= 0.3 is 0 Å². The lowest BCUT2D eigenvalue weighted by atomic mass is 10.1. The molecular formula is C22H19Cl4N3O. The summed E-state index contributed by atoms with van der Waals surface area (Å²) in [5.74, 6) is 0. The van der Waals surface area contributed by atoms with Gasteiger partial charge in [0, 0.05) is 5.02 Å². The van der Waals surface area contributed by atoms with E-state index < -0.39 is 6.10 Å². The summed E-state index contributed by atoms with van der Waals surface area (Å²) in [4.78, 5) is 0. The molecule has 1 atom stereocenters. The van der Waals surface area contributed by atoms with Gasteiger partial charge in [0.1, 0.15) is 0 Å². The fraction of sp³-hybridized carbons (Fsp3) is 0.136. The smallest absolute Gasteiger partial charge is 0.203 e. The van der Waals surface area contributed by atoms with Crippen molar-refractivity contribution in [2.24, 2.45) is 0 Å². The van der Waals surface area contributed by atoms with Gasteiger partial charge < -0.3 is 14.2 Å². The highest BCUT2D eigenvalue weighted by Gasteiger charge is 2.16. The molecule has 3 aromatic carbocycles. The normalized spacial score (nSPS) is 12.0. The van der Waals surface area contributed by atoms with Crippen molar-refractivity contribution in [3.8, 4) is 0 Å². The number of nitrogens with zero attached hydrogens (tertiary/aromatic N) is 2.